The number of rotatable bonds is 5. The fraction of sp³-hybridized carbons (Fsp3) is 0.350. The third-order valence-electron chi connectivity index (χ3n) is 4.60. The maximum absolute atomic E-state index is 12.2. The fourth-order valence-electron chi connectivity index (χ4n) is 3.46. The number of hydrogen-bond donors (Lipinski definition) is 0. The molecule has 0 bridgehead atoms. The largest absolute Gasteiger partial charge is 0.466 e. The predicted octanol–water partition coefficient (Wildman–Crippen LogP) is 4.52. The molecule has 0 unspecified atom stereocenters. The van der Waals surface area contributed by atoms with Crippen LogP contribution in [-0.4, -0.2) is 23.5 Å². The summed E-state index contributed by atoms with van der Waals surface area (Å²) in [6, 6.07) is 14.6. The van der Waals surface area contributed by atoms with Gasteiger partial charge in [-0.3, -0.25) is 14.9 Å². The van der Waals surface area contributed by atoms with Crippen molar-refractivity contribution in [3.63, 3.8) is 0 Å². The Morgan fingerprint density at radius 1 is 1.23 bits per heavy atom. The molecule has 5 nitrogen and oxygen atoms in total. The average molecular weight is 371 g/mol. The van der Waals surface area contributed by atoms with E-state index in [1.54, 1.807) is 6.92 Å². The minimum atomic E-state index is -0.888. The smallest absolute Gasteiger partial charge is 0.306 e. The summed E-state index contributed by atoms with van der Waals surface area (Å²) >= 11 is 1.51. The van der Waals surface area contributed by atoms with E-state index in [0.29, 0.717) is 0 Å². The van der Waals surface area contributed by atoms with E-state index < -0.39 is 17.9 Å². The molecule has 0 saturated heterocycles. The quantitative estimate of drug-likeness (QED) is 0.439. The monoisotopic (exact) mass is 371 g/mol. The number of hydrogen-bond acceptors (Lipinski definition) is 5. The van der Waals surface area contributed by atoms with Crippen LogP contribution in [0.5, 0.6) is 0 Å². The number of benzene rings is 2. The number of esters is 1. The second-order valence-corrected chi connectivity index (χ2v) is 7.57. The number of nitro groups is 1. The molecule has 0 N–H and O–H groups in total. The molecule has 3 rings (SSSR count). The van der Waals surface area contributed by atoms with Crippen molar-refractivity contribution < 1.29 is 14.5 Å². The Kier molecular flexibility index (Phi) is 5.61. The van der Waals surface area contributed by atoms with Gasteiger partial charge in [-0.05, 0) is 31.0 Å². The van der Waals surface area contributed by atoms with Crippen LogP contribution in [0.4, 0.5) is 0 Å². The number of ether oxygens (including phenoxy) is 1. The average Bonchev–Trinajstić information content (AvgIpc) is 2.62. The zero-order chi connectivity index (χ0) is 18.7. The first kappa shape index (κ1) is 18.5. The summed E-state index contributed by atoms with van der Waals surface area (Å²) in [6.45, 7) is 3.97. The third-order valence-corrected chi connectivity index (χ3v) is 6.04. The molecule has 0 aromatic heterocycles. The van der Waals surface area contributed by atoms with Crippen LogP contribution in [0.2, 0.25) is 0 Å². The van der Waals surface area contributed by atoms with E-state index in [4.69, 9.17) is 4.74 Å². The normalized spacial score (nSPS) is 21.7. The number of aryl methyl sites for hydroxylation is 1. The first-order chi connectivity index (χ1) is 12.5. The van der Waals surface area contributed by atoms with E-state index in [2.05, 4.69) is 0 Å². The van der Waals surface area contributed by atoms with E-state index in [-0.39, 0.29) is 23.2 Å². The van der Waals surface area contributed by atoms with Gasteiger partial charge in [-0.1, -0.05) is 48.0 Å². The Hall–Kier alpha value is -2.34. The van der Waals surface area contributed by atoms with Crippen LogP contribution in [0, 0.1) is 17.0 Å². The van der Waals surface area contributed by atoms with Crippen LogP contribution >= 0.6 is 11.8 Å². The Labute approximate surface area is 156 Å². The van der Waals surface area contributed by atoms with Crippen molar-refractivity contribution in [3.05, 3.63) is 75.3 Å². The van der Waals surface area contributed by atoms with Crippen LogP contribution in [-0.2, 0) is 9.53 Å². The number of thioether (sulfide) groups is 1. The Bertz CT molecular complexity index is 809. The van der Waals surface area contributed by atoms with Crippen LogP contribution in [0.15, 0.2) is 53.4 Å². The summed E-state index contributed by atoms with van der Waals surface area (Å²) in [7, 11) is 0. The van der Waals surface area contributed by atoms with E-state index in [1.165, 1.54) is 11.8 Å². The summed E-state index contributed by atoms with van der Waals surface area (Å²) in [5.74, 6) is -0.902. The van der Waals surface area contributed by atoms with Crippen LogP contribution < -0.4 is 0 Å². The second kappa shape index (κ2) is 7.91. The Morgan fingerprint density at radius 2 is 1.96 bits per heavy atom. The molecule has 6 heteroatoms. The van der Waals surface area contributed by atoms with Crippen molar-refractivity contribution in [2.75, 3.05) is 6.61 Å². The highest BCUT2D eigenvalue weighted by molar-refractivity contribution is 7.99. The lowest BCUT2D eigenvalue weighted by atomic mass is 9.84. The Morgan fingerprint density at radius 3 is 2.62 bits per heavy atom. The molecule has 2 aromatic rings. The SMILES string of the molecule is CCOC(=O)C[C@@H]1c2cc(C)ccc2S[C@H](c2ccccc2)[C@H]1[N+](=O)[O-]. The summed E-state index contributed by atoms with van der Waals surface area (Å²) in [5, 5.41) is 11.7. The van der Waals surface area contributed by atoms with Gasteiger partial charge in [-0.15, -0.1) is 11.8 Å². The maximum atomic E-state index is 12.2. The van der Waals surface area contributed by atoms with Crippen molar-refractivity contribution in [3.8, 4) is 0 Å². The van der Waals surface area contributed by atoms with Gasteiger partial charge in [-0.25, -0.2) is 0 Å². The minimum Gasteiger partial charge on any atom is -0.466 e. The van der Waals surface area contributed by atoms with Gasteiger partial charge in [0.25, 0.3) is 0 Å². The number of fused-ring (bicyclic) bond motifs is 1. The standard InChI is InChI=1S/C20H21NO4S/c1-3-25-18(22)12-16-15-11-13(2)9-10-17(15)26-20(19(16)21(23)24)14-7-5-4-6-8-14/h4-11,16,19-20H,3,12H2,1-2H3/t16-,19+,20-/m1/s1. The molecule has 1 aliphatic rings. The summed E-state index contributed by atoms with van der Waals surface area (Å²) in [5.41, 5.74) is 2.80. The molecule has 26 heavy (non-hydrogen) atoms. The van der Waals surface area contributed by atoms with Gasteiger partial charge in [0.2, 0.25) is 6.04 Å². The molecule has 0 amide bonds. The fourth-order valence-corrected chi connectivity index (χ4v) is 4.95. The molecule has 1 heterocycles. The highest BCUT2D eigenvalue weighted by Gasteiger charge is 2.47. The molecule has 136 valence electrons. The summed E-state index contributed by atoms with van der Waals surface area (Å²) in [4.78, 5) is 24.9. The lowest BCUT2D eigenvalue weighted by Crippen LogP contribution is -2.37. The van der Waals surface area contributed by atoms with Crippen molar-refractivity contribution in [2.45, 2.75) is 42.4 Å². The molecular weight excluding hydrogens is 350 g/mol. The number of carbonyl (C=O) groups excluding carboxylic acids is 1. The van der Waals surface area contributed by atoms with Gasteiger partial charge in [0.15, 0.2) is 0 Å². The van der Waals surface area contributed by atoms with E-state index in [1.807, 2.05) is 55.5 Å². The highest BCUT2D eigenvalue weighted by atomic mass is 32.2. The first-order valence-electron chi connectivity index (χ1n) is 8.62. The molecule has 0 spiro atoms. The Balaban J connectivity index is 2.08. The van der Waals surface area contributed by atoms with Crippen LogP contribution in [0.3, 0.4) is 0 Å². The molecule has 0 saturated carbocycles. The summed E-state index contributed by atoms with van der Waals surface area (Å²) < 4.78 is 5.09. The van der Waals surface area contributed by atoms with E-state index in [9.17, 15) is 14.9 Å². The molecule has 1 aliphatic heterocycles. The van der Waals surface area contributed by atoms with Crippen molar-refractivity contribution >= 4 is 17.7 Å². The summed E-state index contributed by atoms with van der Waals surface area (Å²) in [6.07, 6.45) is 0.0137. The molecule has 3 atom stereocenters. The van der Waals surface area contributed by atoms with Crippen LogP contribution in [0.25, 0.3) is 0 Å². The van der Waals surface area contributed by atoms with Crippen molar-refractivity contribution in [1.82, 2.24) is 0 Å². The molecule has 0 radical (unpaired) electrons. The van der Waals surface area contributed by atoms with Gasteiger partial charge in [0.1, 0.15) is 5.25 Å². The maximum Gasteiger partial charge on any atom is 0.306 e. The van der Waals surface area contributed by atoms with Gasteiger partial charge < -0.3 is 4.74 Å². The first-order valence-corrected chi connectivity index (χ1v) is 9.50. The van der Waals surface area contributed by atoms with E-state index in [0.717, 1.165) is 21.6 Å². The lowest BCUT2D eigenvalue weighted by Gasteiger charge is -2.33. The van der Waals surface area contributed by atoms with Crippen LogP contribution in [0.1, 0.15) is 41.2 Å². The second-order valence-electron chi connectivity index (χ2n) is 6.38. The third kappa shape index (κ3) is 3.75. The van der Waals surface area contributed by atoms with Gasteiger partial charge >= 0.3 is 5.97 Å². The number of nitrogens with zero attached hydrogens (tertiary/aromatic N) is 1. The van der Waals surface area contributed by atoms with Gasteiger partial charge in [0.05, 0.1) is 18.9 Å². The topological polar surface area (TPSA) is 69.4 Å². The van der Waals surface area contributed by atoms with Crippen molar-refractivity contribution in [1.29, 1.82) is 0 Å². The zero-order valence-electron chi connectivity index (χ0n) is 14.8. The van der Waals surface area contributed by atoms with E-state index >= 15 is 0 Å². The zero-order valence-corrected chi connectivity index (χ0v) is 15.6. The predicted molar refractivity (Wildman–Crippen MR) is 101 cm³/mol. The number of carbonyl (C=O) groups is 1. The molecule has 0 fully saturated rings. The van der Waals surface area contributed by atoms with Crippen molar-refractivity contribution in [2.24, 2.45) is 0 Å². The highest BCUT2D eigenvalue weighted by Crippen LogP contribution is 2.52. The van der Waals surface area contributed by atoms with Gasteiger partial charge in [0, 0.05) is 9.82 Å². The minimum absolute atomic E-state index is 0.0137. The molecule has 2 aromatic carbocycles. The molecular formula is C20H21NO4S. The molecule has 0 aliphatic carbocycles. The van der Waals surface area contributed by atoms with Gasteiger partial charge in [-0.2, -0.15) is 0 Å². The lowest BCUT2D eigenvalue weighted by molar-refractivity contribution is -0.527.